The molecule has 21 heavy (non-hydrogen) atoms. The van der Waals surface area contributed by atoms with Gasteiger partial charge >= 0.3 is 0 Å². The number of anilines is 2. The van der Waals surface area contributed by atoms with Gasteiger partial charge in [-0.25, -0.2) is 0 Å². The number of rotatable bonds is 6. The van der Waals surface area contributed by atoms with Crippen LogP contribution < -0.4 is 10.6 Å². The number of nitrogens with one attached hydrogen (secondary N) is 2. The molecular formula is C16H22N4O. The standard InChI is InChI=1S/C16H22N4O/c1-4-8-17-15-7-6-12(3)9-14(15)16(21)19-13-10-18-20(5-2)11-13/h6-7,9-11,17H,4-5,8H2,1-3H3,(H,19,21). The van der Waals surface area contributed by atoms with Crippen molar-refractivity contribution in [1.29, 1.82) is 0 Å². The van der Waals surface area contributed by atoms with E-state index in [1.54, 1.807) is 10.9 Å². The summed E-state index contributed by atoms with van der Waals surface area (Å²) in [5.41, 5.74) is 3.30. The first-order valence-corrected chi connectivity index (χ1v) is 7.32. The minimum absolute atomic E-state index is 0.118. The van der Waals surface area contributed by atoms with E-state index in [0.29, 0.717) is 11.3 Å². The van der Waals surface area contributed by atoms with Gasteiger partial charge in [-0.15, -0.1) is 0 Å². The van der Waals surface area contributed by atoms with Gasteiger partial charge in [-0.2, -0.15) is 5.10 Å². The lowest BCUT2D eigenvalue weighted by Crippen LogP contribution is -2.15. The van der Waals surface area contributed by atoms with Gasteiger partial charge in [-0.1, -0.05) is 18.6 Å². The molecule has 0 atom stereocenters. The van der Waals surface area contributed by atoms with E-state index in [1.165, 1.54) is 0 Å². The number of hydrogen-bond acceptors (Lipinski definition) is 3. The van der Waals surface area contributed by atoms with Crippen LogP contribution in [0, 0.1) is 6.92 Å². The van der Waals surface area contributed by atoms with E-state index in [0.717, 1.165) is 30.8 Å². The lowest BCUT2D eigenvalue weighted by atomic mass is 10.1. The Morgan fingerprint density at radius 2 is 2.14 bits per heavy atom. The summed E-state index contributed by atoms with van der Waals surface area (Å²) in [5, 5.41) is 10.3. The first kappa shape index (κ1) is 15.1. The van der Waals surface area contributed by atoms with Crippen molar-refractivity contribution in [3.05, 3.63) is 41.7 Å². The molecule has 1 aromatic heterocycles. The summed E-state index contributed by atoms with van der Waals surface area (Å²) in [6.07, 6.45) is 4.50. The average Bonchev–Trinajstić information content (AvgIpc) is 2.93. The molecule has 0 saturated heterocycles. The van der Waals surface area contributed by atoms with Gasteiger partial charge in [0, 0.05) is 25.0 Å². The molecule has 5 nitrogen and oxygen atoms in total. The predicted octanol–water partition coefficient (Wildman–Crippen LogP) is 3.29. The minimum Gasteiger partial charge on any atom is -0.384 e. The third-order valence-electron chi connectivity index (χ3n) is 3.20. The van der Waals surface area contributed by atoms with E-state index >= 15 is 0 Å². The van der Waals surface area contributed by atoms with Crippen molar-refractivity contribution in [3.8, 4) is 0 Å². The molecule has 0 aliphatic rings. The number of aryl methyl sites for hydroxylation is 2. The summed E-state index contributed by atoms with van der Waals surface area (Å²) in [7, 11) is 0. The smallest absolute Gasteiger partial charge is 0.257 e. The number of carbonyl (C=O) groups is 1. The van der Waals surface area contributed by atoms with Gasteiger partial charge in [0.25, 0.3) is 5.91 Å². The molecule has 2 rings (SSSR count). The summed E-state index contributed by atoms with van der Waals surface area (Å²) in [5.74, 6) is -0.118. The lowest BCUT2D eigenvalue weighted by molar-refractivity contribution is 0.102. The molecular weight excluding hydrogens is 264 g/mol. The van der Waals surface area contributed by atoms with Gasteiger partial charge in [0.1, 0.15) is 0 Å². The molecule has 5 heteroatoms. The molecule has 112 valence electrons. The van der Waals surface area contributed by atoms with Gasteiger partial charge < -0.3 is 10.6 Å². The van der Waals surface area contributed by atoms with Gasteiger partial charge in [0.05, 0.1) is 17.4 Å². The van der Waals surface area contributed by atoms with Gasteiger partial charge in [0.2, 0.25) is 0 Å². The number of amides is 1. The molecule has 0 spiro atoms. The quantitative estimate of drug-likeness (QED) is 0.856. The Kier molecular flexibility index (Phi) is 4.98. The van der Waals surface area contributed by atoms with Crippen molar-refractivity contribution >= 4 is 17.3 Å². The molecule has 2 N–H and O–H groups in total. The molecule has 1 amide bonds. The molecule has 0 aliphatic carbocycles. The molecule has 0 bridgehead atoms. The molecule has 0 radical (unpaired) electrons. The van der Waals surface area contributed by atoms with Crippen LogP contribution in [0.1, 0.15) is 36.2 Å². The second-order valence-corrected chi connectivity index (χ2v) is 5.01. The maximum Gasteiger partial charge on any atom is 0.257 e. The fourth-order valence-corrected chi connectivity index (χ4v) is 2.06. The highest BCUT2D eigenvalue weighted by Crippen LogP contribution is 2.19. The molecule has 1 heterocycles. The van der Waals surface area contributed by atoms with Crippen LogP contribution >= 0.6 is 0 Å². The highest BCUT2D eigenvalue weighted by molar-refractivity contribution is 6.08. The van der Waals surface area contributed by atoms with Crippen molar-refractivity contribution in [3.63, 3.8) is 0 Å². The highest BCUT2D eigenvalue weighted by atomic mass is 16.1. The van der Waals surface area contributed by atoms with Crippen LogP contribution in [0.5, 0.6) is 0 Å². The fraction of sp³-hybridized carbons (Fsp3) is 0.375. The third kappa shape index (κ3) is 3.84. The largest absolute Gasteiger partial charge is 0.384 e. The van der Waals surface area contributed by atoms with Crippen molar-refractivity contribution in [2.45, 2.75) is 33.7 Å². The first-order valence-electron chi connectivity index (χ1n) is 7.32. The zero-order chi connectivity index (χ0) is 15.2. The Morgan fingerprint density at radius 1 is 1.33 bits per heavy atom. The predicted molar refractivity (Wildman–Crippen MR) is 85.8 cm³/mol. The van der Waals surface area contributed by atoms with E-state index in [1.807, 2.05) is 38.2 Å². The Hall–Kier alpha value is -2.30. The summed E-state index contributed by atoms with van der Waals surface area (Å²) >= 11 is 0. The van der Waals surface area contributed by atoms with Gasteiger partial charge in [-0.05, 0) is 32.4 Å². The number of carbonyl (C=O) groups excluding carboxylic acids is 1. The Labute approximate surface area is 125 Å². The SMILES string of the molecule is CCCNc1ccc(C)cc1C(=O)Nc1cnn(CC)c1. The van der Waals surface area contributed by atoms with Crippen LogP contribution in [-0.4, -0.2) is 22.2 Å². The van der Waals surface area contributed by atoms with Gasteiger partial charge in [-0.3, -0.25) is 9.48 Å². The molecule has 0 unspecified atom stereocenters. The topological polar surface area (TPSA) is 59.0 Å². The third-order valence-corrected chi connectivity index (χ3v) is 3.20. The number of benzene rings is 1. The van der Waals surface area contributed by atoms with E-state index < -0.39 is 0 Å². The molecule has 2 aromatic rings. The van der Waals surface area contributed by atoms with Crippen LogP contribution in [0.4, 0.5) is 11.4 Å². The summed E-state index contributed by atoms with van der Waals surface area (Å²) in [6.45, 7) is 7.71. The Balaban J connectivity index is 2.18. The van der Waals surface area contributed by atoms with E-state index in [4.69, 9.17) is 0 Å². The van der Waals surface area contributed by atoms with Crippen molar-refractivity contribution in [2.24, 2.45) is 0 Å². The van der Waals surface area contributed by atoms with Crippen molar-refractivity contribution < 1.29 is 4.79 Å². The number of hydrogen-bond donors (Lipinski definition) is 2. The molecule has 1 aromatic carbocycles. The normalized spacial score (nSPS) is 10.4. The Bertz CT molecular complexity index is 618. The summed E-state index contributed by atoms with van der Waals surface area (Å²) in [4.78, 5) is 12.5. The van der Waals surface area contributed by atoms with E-state index in [9.17, 15) is 4.79 Å². The van der Waals surface area contributed by atoms with E-state index in [-0.39, 0.29) is 5.91 Å². The van der Waals surface area contributed by atoms with Crippen molar-refractivity contribution in [2.75, 3.05) is 17.2 Å². The van der Waals surface area contributed by atoms with Gasteiger partial charge in [0.15, 0.2) is 0 Å². The fourth-order valence-electron chi connectivity index (χ4n) is 2.06. The maximum atomic E-state index is 12.5. The van der Waals surface area contributed by atoms with Crippen LogP contribution in [0.3, 0.4) is 0 Å². The molecule has 0 saturated carbocycles. The second kappa shape index (κ2) is 6.92. The van der Waals surface area contributed by atoms with Crippen LogP contribution in [0.2, 0.25) is 0 Å². The van der Waals surface area contributed by atoms with E-state index in [2.05, 4.69) is 22.7 Å². The maximum absolute atomic E-state index is 12.5. The highest BCUT2D eigenvalue weighted by Gasteiger charge is 2.12. The first-order chi connectivity index (χ1) is 10.1. The molecule has 0 fully saturated rings. The monoisotopic (exact) mass is 286 g/mol. The minimum atomic E-state index is -0.118. The van der Waals surface area contributed by atoms with Crippen LogP contribution in [0.25, 0.3) is 0 Å². The molecule has 0 aliphatic heterocycles. The average molecular weight is 286 g/mol. The number of aromatic nitrogens is 2. The zero-order valence-corrected chi connectivity index (χ0v) is 12.8. The summed E-state index contributed by atoms with van der Waals surface area (Å²) in [6, 6.07) is 5.86. The Morgan fingerprint density at radius 3 is 2.81 bits per heavy atom. The zero-order valence-electron chi connectivity index (χ0n) is 12.8. The second-order valence-electron chi connectivity index (χ2n) is 5.01. The van der Waals surface area contributed by atoms with Crippen molar-refractivity contribution in [1.82, 2.24) is 9.78 Å². The summed E-state index contributed by atoms with van der Waals surface area (Å²) < 4.78 is 1.78. The lowest BCUT2D eigenvalue weighted by Gasteiger charge is -2.12. The van der Waals surface area contributed by atoms with Crippen LogP contribution in [0.15, 0.2) is 30.6 Å². The van der Waals surface area contributed by atoms with Crippen LogP contribution in [-0.2, 0) is 6.54 Å². The number of nitrogens with zero attached hydrogens (tertiary/aromatic N) is 2.